The van der Waals surface area contributed by atoms with E-state index in [1.807, 2.05) is 0 Å². The Bertz CT molecular complexity index is 548. The Balaban J connectivity index is 2.28. The second-order valence-corrected chi connectivity index (χ2v) is 6.35. The van der Waals surface area contributed by atoms with Crippen LogP contribution < -0.4 is 0 Å². The topological polar surface area (TPSA) is 30.0 Å². The standard InChI is InChI=1S/C11H7Cl2NOS2/c1-6(15)11-14-5-9(17-11)16-10-7(12)3-2-4-8(10)13/h2-5H,1H3. The molecule has 0 aliphatic heterocycles. The molecule has 0 unspecified atom stereocenters. The number of rotatable bonds is 3. The van der Waals surface area contributed by atoms with Gasteiger partial charge in [-0.05, 0) is 12.1 Å². The molecule has 2 aromatic rings. The van der Waals surface area contributed by atoms with Crippen molar-refractivity contribution in [2.75, 3.05) is 0 Å². The lowest BCUT2D eigenvalue weighted by molar-refractivity contribution is 0.101. The highest BCUT2D eigenvalue weighted by atomic mass is 35.5. The van der Waals surface area contributed by atoms with Crippen LogP contribution in [0.4, 0.5) is 0 Å². The quantitative estimate of drug-likeness (QED) is 0.763. The summed E-state index contributed by atoms with van der Waals surface area (Å²) in [7, 11) is 0. The van der Waals surface area contributed by atoms with Crippen LogP contribution in [0.5, 0.6) is 0 Å². The van der Waals surface area contributed by atoms with Crippen LogP contribution in [0.1, 0.15) is 16.7 Å². The summed E-state index contributed by atoms with van der Waals surface area (Å²) in [5.41, 5.74) is 0. The van der Waals surface area contributed by atoms with E-state index in [0.717, 1.165) is 9.10 Å². The maximum absolute atomic E-state index is 11.1. The van der Waals surface area contributed by atoms with E-state index in [0.29, 0.717) is 15.1 Å². The van der Waals surface area contributed by atoms with Crippen LogP contribution in [-0.4, -0.2) is 10.8 Å². The van der Waals surface area contributed by atoms with E-state index in [2.05, 4.69) is 4.98 Å². The molecule has 0 radical (unpaired) electrons. The number of carbonyl (C=O) groups excluding carboxylic acids is 1. The molecule has 2 nitrogen and oxygen atoms in total. The summed E-state index contributed by atoms with van der Waals surface area (Å²) in [5, 5.41) is 1.69. The minimum atomic E-state index is -0.0351. The van der Waals surface area contributed by atoms with Crippen LogP contribution in [0.15, 0.2) is 33.5 Å². The molecule has 17 heavy (non-hydrogen) atoms. The molecule has 0 atom stereocenters. The molecule has 0 saturated carbocycles. The molecule has 1 heterocycles. The molecule has 1 aromatic heterocycles. The van der Waals surface area contributed by atoms with E-state index in [1.54, 1.807) is 24.4 Å². The third-order valence-electron chi connectivity index (χ3n) is 1.91. The highest BCUT2D eigenvalue weighted by molar-refractivity contribution is 8.01. The maximum Gasteiger partial charge on any atom is 0.188 e. The van der Waals surface area contributed by atoms with Gasteiger partial charge in [0.15, 0.2) is 10.8 Å². The van der Waals surface area contributed by atoms with Gasteiger partial charge in [0.1, 0.15) is 0 Å². The molecular weight excluding hydrogens is 297 g/mol. The van der Waals surface area contributed by atoms with Gasteiger partial charge in [-0.2, -0.15) is 0 Å². The van der Waals surface area contributed by atoms with Crippen molar-refractivity contribution < 1.29 is 4.79 Å². The van der Waals surface area contributed by atoms with E-state index < -0.39 is 0 Å². The SMILES string of the molecule is CC(=O)c1ncc(Sc2c(Cl)cccc2Cl)s1. The number of benzene rings is 1. The van der Waals surface area contributed by atoms with Gasteiger partial charge in [-0.3, -0.25) is 4.79 Å². The summed E-state index contributed by atoms with van der Waals surface area (Å²) in [5.74, 6) is -0.0351. The summed E-state index contributed by atoms with van der Waals surface area (Å²) >= 11 is 14.9. The molecule has 0 N–H and O–H groups in total. The van der Waals surface area contributed by atoms with Gasteiger partial charge in [-0.15, -0.1) is 11.3 Å². The van der Waals surface area contributed by atoms with Crippen molar-refractivity contribution in [3.63, 3.8) is 0 Å². The van der Waals surface area contributed by atoms with Crippen molar-refractivity contribution in [3.05, 3.63) is 39.4 Å². The van der Waals surface area contributed by atoms with E-state index in [-0.39, 0.29) is 5.78 Å². The van der Waals surface area contributed by atoms with Gasteiger partial charge in [0.05, 0.1) is 25.3 Å². The second kappa shape index (κ2) is 5.40. The predicted molar refractivity (Wildman–Crippen MR) is 72.7 cm³/mol. The van der Waals surface area contributed by atoms with Crippen molar-refractivity contribution in [3.8, 4) is 0 Å². The van der Waals surface area contributed by atoms with Gasteiger partial charge in [0.25, 0.3) is 0 Å². The molecule has 6 heteroatoms. The highest BCUT2D eigenvalue weighted by Gasteiger charge is 2.11. The molecule has 0 spiro atoms. The minimum Gasteiger partial charge on any atom is -0.292 e. The lowest BCUT2D eigenvalue weighted by Gasteiger charge is -2.03. The molecule has 0 saturated heterocycles. The van der Waals surface area contributed by atoms with Gasteiger partial charge in [0, 0.05) is 6.92 Å². The number of hydrogen-bond acceptors (Lipinski definition) is 4. The Morgan fingerprint density at radius 2 is 2.00 bits per heavy atom. The normalized spacial score (nSPS) is 10.5. The van der Waals surface area contributed by atoms with Crippen molar-refractivity contribution >= 4 is 52.1 Å². The number of Topliss-reactive ketones (excluding diaryl/α,β-unsaturated/α-hetero) is 1. The number of nitrogens with zero attached hydrogens (tertiary/aromatic N) is 1. The van der Waals surface area contributed by atoms with Crippen LogP contribution >= 0.6 is 46.3 Å². The molecule has 1 aromatic carbocycles. The van der Waals surface area contributed by atoms with Gasteiger partial charge in [-0.1, -0.05) is 41.0 Å². The first-order valence-electron chi connectivity index (χ1n) is 4.66. The van der Waals surface area contributed by atoms with Crippen LogP contribution in [0.25, 0.3) is 0 Å². The molecule has 0 fully saturated rings. The number of aromatic nitrogens is 1. The van der Waals surface area contributed by atoms with E-state index in [4.69, 9.17) is 23.2 Å². The third-order valence-corrected chi connectivity index (χ3v) is 5.10. The maximum atomic E-state index is 11.1. The zero-order valence-electron chi connectivity index (χ0n) is 8.74. The van der Waals surface area contributed by atoms with Crippen molar-refractivity contribution in [1.82, 2.24) is 4.98 Å². The van der Waals surface area contributed by atoms with E-state index in [1.165, 1.54) is 30.0 Å². The number of halogens is 2. The lowest BCUT2D eigenvalue weighted by atomic mass is 10.4. The first-order chi connectivity index (χ1) is 8.08. The van der Waals surface area contributed by atoms with Crippen LogP contribution in [0.2, 0.25) is 10.0 Å². The molecule has 0 amide bonds. The fourth-order valence-electron chi connectivity index (χ4n) is 1.15. The van der Waals surface area contributed by atoms with Gasteiger partial charge < -0.3 is 0 Å². The fourth-order valence-corrected chi connectivity index (χ4v) is 3.62. The molecule has 0 bridgehead atoms. The zero-order chi connectivity index (χ0) is 12.4. The minimum absolute atomic E-state index is 0.0351. The number of thiazole rings is 1. The average molecular weight is 304 g/mol. The molecular formula is C11H7Cl2NOS2. The summed E-state index contributed by atoms with van der Waals surface area (Å²) in [6.07, 6.45) is 1.66. The third kappa shape index (κ3) is 3.01. The number of carbonyl (C=O) groups is 1. The number of ketones is 1. The first-order valence-corrected chi connectivity index (χ1v) is 7.05. The van der Waals surface area contributed by atoms with Gasteiger partial charge >= 0.3 is 0 Å². The Kier molecular flexibility index (Phi) is 4.09. The van der Waals surface area contributed by atoms with Crippen LogP contribution in [0, 0.1) is 0 Å². The molecule has 88 valence electrons. The predicted octanol–water partition coefficient (Wildman–Crippen LogP) is 4.80. The molecule has 0 aliphatic rings. The highest BCUT2D eigenvalue weighted by Crippen LogP contribution is 2.40. The summed E-state index contributed by atoms with van der Waals surface area (Å²) < 4.78 is 0.894. The lowest BCUT2D eigenvalue weighted by Crippen LogP contribution is -1.87. The van der Waals surface area contributed by atoms with Crippen molar-refractivity contribution in [2.45, 2.75) is 16.0 Å². The smallest absolute Gasteiger partial charge is 0.188 e. The summed E-state index contributed by atoms with van der Waals surface area (Å²) in [4.78, 5) is 16.0. The largest absolute Gasteiger partial charge is 0.292 e. The fraction of sp³-hybridized carbons (Fsp3) is 0.0909. The zero-order valence-corrected chi connectivity index (χ0v) is 11.9. The molecule has 2 rings (SSSR count). The summed E-state index contributed by atoms with van der Waals surface area (Å²) in [6.45, 7) is 1.50. The van der Waals surface area contributed by atoms with Crippen molar-refractivity contribution in [1.29, 1.82) is 0 Å². The Morgan fingerprint density at radius 1 is 1.35 bits per heavy atom. The monoisotopic (exact) mass is 303 g/mol. The Hall–Kier alpha value is -0.550. The van der Waals surface area contributed by atoms with Crippen LogP contribution in [0.3, 0.4) is 0 Å². The van der Waals surface area contributed by atoms with Gasteiger partial charge in [0.2, 0.25) is 0 Å². The second-order valence-electron chi connectivity index (χ2n) is 3.19. The van der Waals surface area contributed by atoms with Gasteiger partial charge in [-0.25, -0.2) is 4.98 Å². The van der Waals surface area contributed by atoms with Crippen LogP contribution in [-0.2, 0) is 0 Å². The Labute approximate surface area is 117 Å². The van der Waals surface area contributed by atoms with E-state index >= 15 is 0 Å². The van der Waals surface area contributed by atoms with E-state index in [9.17, 15) is 4.79 Å². The molecule has 0 aliphatic carbocycles. The first kappa shape index (κ1) is 12.9. The average Bonchev–Trinajstić information content (AvgIpc) is 2.72. The number of hydrogen-bond donors (Lipinski definition) is 0. The summed E-state index contributed by atoms with van der Waals surface area (Å²) in [6, 6.07) is 5.35. The van der Waals surface area contributed by atoms with Crippen molar-refractivity contribution in [2.24, 2.45) is 0 Å². The Morgan fingerprint density at radius 3 is 2.53 bits per heavy atom.